The van der Waals surface area contributed by atoms with Crippen LogP contribution in [0.3, 0.4) is 0 Å². The highest BCUT2D eigenvalue weighted by atomic mass is 35.5. The summed E-state index contributed by atoms with van der Waals surface area (Å²) in [6.07, 6.45) is 0.197. The van der Waals surface area contributed by atoms with Gasteiger partial charge in [-0.2, -0.15) is 0 Å². The Bertz CT molecular complexity index is 496. The van der Waals surface area contributed by atoms with Crippen molar-refractivity contribution in [2.24, 2.45) is 0 Å². The van der Waals surface area contributed by atoms with E-state index in [2.05, 4.69) is 4.98 Å². The minimum absolute atomic E-state index is 0.197. The second kappa shape index (κ2) is 4.81. The average molecular weight is 236 g/mol. The lowest BCUT2D eigenvalue weighted by Gasteiger charge is -2.09. The molecule has 0 radical (unpaired) electrons. The molecule has 0 bridgehead atoms. The molecule has 1 aromatic heterocycles. The van der Waals surface area contributed by atoms with E-state index in [0.29, 0.717) is 11.8 Å². The van der Waals surface area contributed by atoms with Gasteiger partial charge >= 0.3 is 0 Å². The predicted molar refractivity (Wildman–Crippen MR) is 66.7 cm³/mol. The number of nitrogens with zero attached hydrogens (tertiary/aromatic N) is 1. The molecule has 0 unspecified atom stereocenters. The third-order valence-corrected chi connectivity index (χ3v) is 2.65. The molecular weight excluding hydrogens is 222 g/mol. The zero-order chi connectivity index (χ0) is 11.5. The fourth-order valence-corrected chi connectivity index (χ4v) is 1.69. The van der Waals surface area contributed by atoms with Crippen LogP contribution in [-0.2, 0) is 11.3 Å². The Morgan fingerprint density at radius 1 is 1.31 bits per heavy atom. The first-order valence-electron chi connectivity index (χ1n) is 5.32. The molecule has 0 aliphatic carbocycles. The van der Waals surface area contributed by atoms with Crippen molar-refractivity contribution in [3.8, 4) is 0 Å². The lowest BCUT2D eigenvalue weighted by atomic mass is 10.2. The summed E-state index contributed by atoms with van der Waals surface area (Å²) in [4.78, 5) is 4.34. The monoisotopic (exact) mass is 235 g/mol. The van der Waals surface area contributed by atoms with Crippen molar-refractivity contribution in [2.45, 2.75) is 26.6 Å². The molecule has 3 heteroatoms. The summed E-state index contributed by atoms with van der Waals surface area (Å²) in [6, 6.07) is 9.96. The van der Waals surface area contributed by atoms with Crippen LogP contribution >= 0.6 is 11.6 Å². The Hall–Kier alpha value is -1.12. The number of hydrogen-bond donors (Lipinski definition) is 0. The smallest absolute Gasteiger partial charge is 0.135 e. The second-order valence-electron chi connectivity index (χ2n) is 3.99. The first-order valence-corrected chi connectivity index (χ1v) is 5.70. The van der Waals surface area contributed by atoms with Crippen LogP contribution in [0.4, 0.5) is 0 Å². The summed E-state index contributed by atoms with van der Waals surface area (Å²) < 4.78 is 5.53. The highest BCUT2D eigenvalue weighted by Crippen LogP contribution is 2.21. The third kappa shape index (κ3) is 2.52. The van der Waals surface area contributed by atoms with Crippen molar-refractivity contribution >= 4 is 22.5 Å². The first-order chi connectivity index (χ1) is 7.66. The molecule has 84 valence electrons. The molecular formula is C13H14ClNO. The number of fused-ring (bicyclic) bond motifs is 1. The summed E-state index contributed by atoms with van der Waals surface area (Å²) in [6.45, 7) is 4.51. The predicted octanol–water partition coefficient (Wildman–Crippen LogP) is 3.81. The van der Waals surface area contributed by atoms with Gasteiger partial charge in [-0.05, 0) is 26.0 Å². The van der Waals surface area contributed by atoms with Crippen molar-refractivity contribution < 1.29 is 4.74 Å². The summed E-state index contributed by atoms with van der Waals surface area (Å²) in [5.74, 6) is 0. The lowest BCUT2D eigenvalue weighted by molar-refractivity contribution is 0.0657. The Kier molecular flexibility index (Phi) is 3.42. The Morgan fingerprint density at radius 3 is 2.81 bits per heavy atom. The molecule has 0 aliphatic heterocycles. The number of pyridine rings is 1. The van der Waals surface area contributed by atoms with E-state index < -0.39 is 0 Å². The maximum atomic E-state index is 6.10. The van der Waals surface area contributed by atoms with Crippen LogP contribution in [-0.4, -0.2) is 11.1 Å². The van der Waals surface area contributed by atoms with Gasteiger partial charge in [0, 0.05) is 10.9 Å². The molecule has 0 fully saturated rings. The molecule has 1 aromatic carbocycles. The number of hydrogen-bond acceptors (Lipinski definition) is 2. The largest absolute Gasteiger partial charge is 0.374 e. The molecule has 0 saturated carbocycles. The van der Waals surface area contributed by atoms with Gasteiger partial charge in [0.25, 0.3) is 0 Å². The van der Waals surface area contributed by atoms with Crippen molar-refractivity contribution in [1.82, 2.24) is 4.98 Å². The van der Waals surface area contributed by atoms with E-state index in [4.69, 9.17) is 16.3 Å². The number of benzene rings is 1. The summed E-state index contributed by atoms with van der Waals surface area (Å²) in [5, 5.41) is 1.62. The van der Waals surface area contributed by atoms with Crippen LogP contribution in [0.2, 0.25) is 5.15 Å². The van der Waals surface area contributed by atoms with Gasteiger partial charge in [0.15, 0.2) is 0 Å². The van der Waals surface area contributed by atoms with Gasteiger partial charge in [-0.1, -0.05) is 29.8 Å². The minimum atomic E-state index is 0.197. The molecule has 0 N–H and O–H groups in total. The molecule has 2 rings (SSSR count). The van der Waals surface area contributed by atoms with Crippen LogP contribution in [0.5, 0.6) is 0 Å². The van der Waals surface area contributed by atoms with E-state index >= 15 is 0 Å². The lowest BCUT2D eigenvalue weighted by Crippen LogP contribution is -2.03. The van der Waals surface area contributed by atoms with Crippen LogP contribution in [0, 0.1) is 0 Å². The molecule has 1 heterocycles. The minimum Gasteiger partial charge on any atom is -0.374 e. The molecule has 16 heavy (non-hydrogen) atoms. The Balaban J connectivity index is 2.34. The summed E-state index contributed by atoms with van der Waals surface area (Å²) in [7, 11) is 0. The fourth-order valence-electron chi connectivity index (χ4n) is 1.49. The molecule has 0 saturated heterocycles. The number of aromatic nitrogens is 1. The zero-order valence-electron chi connectivity index (χ0n) is 9.40. The highest BCUT2D eigenvalue weighted by molar-refractivity contribution is 6.30. The quantitative estimate of drug-likeness (QED) is 0.755. The first kappa shape index (κ1) is 11.4. The van der Waals surface area contributed by atoms with Crippen LogP contribution in [0.1, 0.15) is 19.4 Å². The van der Waals surface area contributed by atoms with Crippen molar-refractivity contribution in [2.75, 3.05) is 0 Å². The SMILES string of the molecule is CC(C)OCc1cc2ccccc2nc1Cl. The van der Waals surface area contributed by atoms with Crippen molar-refractivity contribution in [3.05, 3.63) is 41.0 Å². The van der Waals surface area contributed by atoms with Gasteiger partial charge in [0.2, 0.25) is 0 Å². The molecule has 0 spiro atoms. The summed E-state index contributed by atoms with van der Waals surface area (Å²) >= 11 is 6.10. The van der Waals surface area contributed by atoms with Gasteiger partial charge in [-0.25, -0.2) is 4.98 Å². The maximum Gasteiger partial charge on any atom is 0.135 e. The third-order valence-electron chi connectivity index (χ3n) is 2.32. The topological polar surface area (TPSA) is 22.1 Å². The van der Waals surface area contributed by atoms with Gasteiger partial charge in [0.1, 0.15) is 5.15 Å². The number of rotatable bonds is 3. The van der Waals surface area contributed by atoms with Crippen LogP contribution in [0.15, 0.2) is 30.3 Å². The van der Waals surface area contributed by atoms with Crippen LogP contribution < -0.4 is 0 Å². The summed E-state index contributed by atoms with van der Waals surface area (Å²) in [5.41, 5.74) is 1.86. The van der Waals surface area contributed by atoms with Gasteiger partial charge in [-0.3, -0.25) is 0 Å². The molecule has 0 aliphatic rings. The number of para-hydroxylation sites is 1. The molecule has 2 nitrogen and oxygen atoms in total. The Labute approximate surface area is 100 Å². The van der Waals surface area contributed by atoms with E-state index in [1.54, 1.807) is 0 Å². The van der Waals surface area contributed by atoms with Gasteiger partial charge in [-0.15, -0.1) is 0 Å². The van der Waals surface area contributed by atoms with E-state index in [1.807, 2.05) is 44.2 Å². The molecule has 0 atom stereocenters. The van der Waals surface area contributed by atoms with Crippen LogP contribution in [0.25, 0.3) is 10.9 Å². The number of halogens is 1. The average Bonchev–Trinajstić information content (AvgIpc) is 2.26. The number of ether oxygens (including phenoxy) is 1. The molecule has 2 aromatic rings. The standard InChI is InChI=1S/C13H14ClNO/c1-9(2)16-8-11-7-10-5-3-4-6-12(10)15-13(11)14/h3-7,9H,8H2,1-2H3. The second-order valence-corrected chi connectivity index (χ2v) is 4.35. The van der Waals surface area contributed by atoms with Crippen molar-refractivity contribution in [3.63, 3.8) is 0 Å². The van der Waals surface area contributed by atoms with E-state index in [1.165, 1.54) is 0 Å². The fraction of sp³-hybridized carbons (Fsp3) is 0.308. The van der Waals surface area contributed by atoms with Gasteiger partial charge < -0.3 is 4.74 Å². The maximum absolute atomic E-state index is 6.10. The van der Waals surface area contributed by atoms with Gasteiger partial charge in [0.05, 0.1) is 18.2 Å². The highest BCUT2D eigenvalue weighted by Gasteiger charge is 2.05. The normalized spacial score (nSPS) is 11.2. The van der Waals surface area contributed by atoms with Crippen molar-refractivity contribution in [1.29, 1.82) is 0 Å². The van der Waals surface area contributed by atoms with E-state index in [9.17, 15) is 0 Å². The van der Waals surface area contributed by atoms with E-state index in [0.717, 1.165) is 16.5 Å². The molecule has 0 amide bonds. The zero-order valence-corrected chi connectivity index (χ0v) is 10.2. The van der Waals surface area contributed by atoms with E-state index in [-0.39, 0.29) is 6.10 Å². The Morgan fingerprint density at radius 2 is 2.06 bits per heavy atom.